The molecule has 1 rings (SSSR count). The minimum absolute atomic E-state index is 0.155. The van der Waals surface area contributed by atoms with Crippen LogP contribution in [0.15, 0.2) is 12.3 Å². The van der Waals surface area contributed by atoms with Gasteiger partial charge in [0.15, 0.2) is 6.29 Å². The van der Waals surface area contributed by atoms with Crippen molar-refractivity contribution in [3.8, 4) is 0 Å². The number of aldehydes is 1. The number of aromatic nitrogens is 1. The van der Waals surface area contributed by atoms with Crippen LogP contribution in [0.25, 0.3) is 0 Å². The maximum absolute atomic E-state index is 11.7. The molecule has 0 atom stereocenters. The van der Waals surface area contributed by atoms with Gasteiger partial charge in [-0.05, 0) is 26.3 Å². The molecule has 0 aliphatic rings. The first kappa shape index (κ1) is 12.5. The molecule has 0 radical (unpaired) electrons. The zero-order valence-electron chi connectivity index (χ0n) is 9.90. The van der Waals surface area contributed by atoms with Crippen LogP contribution in [0.1, 0.15) is 48.0 Å². The molecule has 1 aromatic rings. The van der Waals surface area contributed by atoms with Gasteiger partial charge in [0.25, 0.3) is 0 Å². The largest absolute Gasteiger partial charge is 0.458 e. The van der Waals surface area contributed by atoms with Gasteiger partial charge >= 0.3 is 5.97 Å². The van der Waals surface area contributed by atoms with Gasteiger partial charge in [0.2, 0.25) is 0 Å². The van der Waals surface area contributed by atoms with Gasteiger partial charge in [0.05, 0.1) is 6.10 Å². The van der Waals surface area contributed by atoms with Gasteiger partial charge in [-0.1, -0.05) is 6.92 Å². The van der Waals surface area contributed by atoms with Crippen molar-refractivity contribution in [2.45, 2.75) is 39.8 Å². The summed E-state index contributed by atoms with van der Waals surface area (Å²) in [6, 6.07) is 1.56. The van der Waals surface area contributed by atoms with Crippen molar-refractivity contribution in [1.29, 1.82) is 0 Å². The Balaban J connectivity index is 2.95. The van der Waals surface area contributed by atoms with Crippen LogP contribution in [0.5, 0.6) is 0 Å². The highest BCUT2D eigenvalue weighted by molar-refractivity contribution is 5.90. The third kappa shape index (κ3) is 2.95. The molecule has 1 heterocycles. The summed E-state index contributed by atoms with van der Waals surface area (Å²) in [6.45, 7) is 6.31. The van der Waals surface area contributed by atoms with E-state index in [1.165, 1.54) is 0 Å². The van der Waals surface area contributed by atoms with Crippen molar-refractivity contribution in [3.05, 3.63) is 23.5 Å². The SMILES string of the molecule is CCCn1cc(C=O)cc1C(=O)OC(C)C. The number of hydrogen-bond donors (Lipinski definition) is 0. The summed E-state index contributed by atoms with van der Waals surface area (Å²) in [4.78, 5) is 22.4. The number of nitrogens with zero attached hydrogens (tertiary/aromatic N) is 1. The molecule has 4 heteroatoms. The lowest BCUT2D eigenvalue weighted by Gasteiger charge is -2.10. The van der Waals surface area contributed by atoms with E-state index in [4.69, 9.17) is 4.74 Å². The molecule has 0 saturated carbocycles. The lowest BCUT2D eigenvalue weighted by molar-refractivity contribution is 0.0365. The maximum atomic E-state index is 11.7. The molecule has 0 saturated heterocycles. The van der Waals surface area contributed by atoms with E-state index in [2.05, 4.69) is 0 Å². The van der Waals surface area contributed by atoms with Crippen molar-refractivity contribution < 1.29 is 14.3 Å². The summed E-state index contributed by atoms with van der Waals surface area (Å²) in [5, 5.41) is 0. The molecule has 0 aliphatic carbocycles. The number of esters is 1. The van der Waals surface area contributed by atoms with Crippen LogP contribution >= 0.6 is 0 Å². The Kier molecular flexibility index (Phi) is 4.28. The lowest BCUT2D eigenvalue weighted by atomic mass is 10.3. The molecule has 16 heavy (non-hydrogen) atoms. The Morgan fingerprint density at radius 2 is 2.25 bits per heavy atom. The van der Waals surface area contributed by atoms with Gasteiger partial charge in [0.1, 0.15) is 5.69 Å². The van der Waals surface area contributed by atoms with E-state index in [0.717, 1.165) is 12.7 Å². The first-order valence-electron chi connectivity index (χ1n) is 5.44. The molecule has 0 N–H and O–H groups in total. The topological polar surface area (TPSA) is 48.3 Å². The average Bonchev–Trinajstić information content (AvgIpc) is 2.61. The van der Waals surface area contributed by atoms with E-state index in [9.17, 15) is 9.59 Å². The van der Waals surface area contributed by atoms with Crippen molar-refractivity contribution >= 4 is 12.3 Å². The molecule has 4 nitrogen and oxygen atoms in total. The Hall–Kier alpha value is -1.58. The molecule has 0 aromatic carbocycles. The van der Waals surface area contributed by atoms with Gasteiger partial charge < -0.3 is 9.30 Å². The number of rotatable bonds is 5. The van der Waals surface area contributed by atoms with Crippen LogP contribution in [0.3, 0.4) is 0 Å². The van der Waals surface area contributed by atoms with E-state index in [1.54, 1.807) is 30.7 Å². The molecular weight excluding hydrogens is 206 g/mol. The van der Waals surface area contributed by atoms with Gasteiger partial charge in [-0.25, -0.2) is 4.79 Å². The number of carbonyl (C=O) groups excluding carboxylic acids is 2. The van der Waals surface area contributed by atoms with Crippen molar-refractivity contribution in [1.82, 2.24) is 4.57 Å². The summed E-state index contributed by atoms with van der Waals surface area (Å²) < 4.78 is 6.86. The predicted octanol–water partition coefficient (Wildman–Crippen LogP) is 2.28. The molecule has 0 bridgehead atoms. The van der Waals surface area contributed by atoms with E-state index in [0.29, 0.717) is 17.8 Å². The predicted molar refractivity (Wildman–Crippen MR) is 60.7 cm³/mol. The Bertz CT molecular complexity index is 380. The van der Waals surface area contributed by atoms with Crippen molar-refractivity contribution in [2.24, 2.45) is 0 Å². The molecule has 0 aliphatic heterocycles. The zero-order valence-corrected chi connectivity index (χ0v) is 9.90. The van der Waals surface area contributed by atoms with Crippen LogP contribution in [0.4, 0.5) is 0 Å². The monoisotopic (exact) mass is 223 g/mol. The van der Waals surface area contributed by atoms with Crippen LogP contribution in [0, 0.1) is 0 Å². The number of ether oxygens (including phenoxy) is 1. The summed E-state index contributed by atoms with van der Waals surface area (Å²) in [5.41, 5.74) is 0.946. The van der Waals surface area contributed by atoms with Crippen LogP contribution in [0.2, 0.25) is 0 Å². The van der Waals surface area contributed by atoms with E-state index in [1.807, 2.05) is 6.92 Å². The van der Waals surface area contributed by atoms with Crippen molar-refractivity contribution in [3.63, 3.8) is 0 Å². The van der Waals surface area contributed by atoms with Crippen LogP contribution < -0.4 is 0 Å². The van der Waals surface area contributed by atoms with Gasteiger partial charge in [0, 0.05) is 18.3 Å². The summed E-state index contributed by atoms with van der Waals surface area (Å²) in [5.74, 6) is -0.378. The molecule has 0 unspecified atom stereocenters. The van der Waals surface area contributed by atoms with E-state index >= 15 is 0 Å². The second-order valence-electron chi connectivity index (χ2n) is 3.92. The summed E-state index contributed by atoms with van der Waals surface area (Å²) in [6.07, 6.45) is 3.15. The van der Waals surface area contributed by atoms with E-state index < -0.39 is 0 Å². The van der Waals surface area contributed by atoms with Gasteiger partial charge in [-0.3, -0.25) is 4.79 Å². The number of hydrogen-bond acceptors (Lipinski definition) is 3. The molecular formula is C12H17NO3. The molecule has 1 aromatic heterocycles. The highest BCUT2D eigenvalue weighted by Gasteiger charge is 2.15. The van der Waals surface area contributed by atoms with E-state index in [-0.39, 0.29) is 12.1 Å². The fraction of sp³-hybridized carbons (Fsp3) is 0.500. The Morgan fingerprint density at radius 1 is 1.56 bits per heavy atom. The Labute approximate surface area is 95.2 Å². The van der Waals surface area contributed by atoms with Crippen molar-refractivity contribution in [2.75, 3.05) is 0 Å². The second-order valence-corrected chi connectivity index (χ2v) is 3.92. The minimum atomic E-state index is -0.378. The highest BCUT2D eigenvalue weighted by atomic mass is 16.5. The quantitative estimate of drug-likeness (QED) is 0.568. The second kappa shape index (κ2) is 5.49. The molecule has 0 spiro atoms. The first-order valence-corrected chi connectivity index (χ1v) is 5.44. The van der Waals surface area contributed by atoms with Crippen LogP contribution in [-0.4, -0.2) is 22.9 Å². The van der Waals surface area contributed by atoms with Crippen LogP contribution in [-0.2, 0) is 11.3 Å². The molecule has 0 fully saturated rings. The average molecular weight is 223 g/mol. The fourth-order valence-electron chi connectivity index (χ4n) is 1.47. The fourth-order valence-corrected chi connectivity index (χ4v) is 1.47. The summed E-state index contributed by atoms with van der Waals surface area (Å²) >= 11 is 0. The Morgan fingerprint density at radius 3 is 2.75 bits per heavy atom. The summed E-state index contributed by atoms with van der Waals surface area (Å²) in [7, 11) is 0. The maximum Gasteiger partial charge on any atom is 0.355 e. The first-order chi connectivity index (χ1) is 7.58. The third-order valence-electron chi connectivity index (χ3n) is 2.07. The standard InChI is InChI=1S/C12H17NO3/c1-4-5-13-7-10(8-14)6-11(13)12(15)16-9(2)3/h6-9H,4-5H2,1-3H3. The molecule has 88 valence electrons. The minimum Gasteiger partial charge on any atom is -0.458 e. The number of carbonyl (C=O) groups is 2. The highest BCUT2D eigenvalue weighted by Crippen LogP contribution is 2.10. The zero-order chi connectivity index (χ0) is 12.1. The van der Waals surface area contributed by atoms with Gasteiger partial charge in [-0.15, -0.1) is 0 Å². The third-order valence-corrected chi connectivity index (χ3v) is 2.07. The number of aryl methyl sites for hydroxylation is 1. The lowest BCUT2D eigenvalue weighted by Crippen LogP contribution is -2.15. The smallest absolute Gasteiger partial charge is 0.355 e. The molecule has 0 amide bonds. The normalized spacial score (nSPS) is 10.5. The van der Waals surface area contributed by atoms with Gasteiger partial charge in [-0.2, -0.15) is 0 Å².